The highest BCUT2D eigenvalue weighted by atomic mass is 16.5. The van der Waals surface area contributed by atoms with Crippen LogP contribution in [0.4, 0.5) is 5.82 Å². The van der Waals surface area contributed by atoms with Crippen molar-refractivity contribution in [2.45, 2.75) is 32.2 Å². The molecule has 0 bridgehead atoms. The lowest BCUT2D eigenvalue weighted by Gasteiger charge is -2.32. The molecule has 100 valence electrons. The average molecular weight is 262 g/mol. The standard InChI is InChI=1S/C12H14N4O3/c1-7-8-9(13-6-14-10(8)19-15-7)16-5-3-4-12(16,2)11(17)18/h6H,3-5H2,1-2H3,(H,17,18). The van der Waals surface area contributed by atoms with E-state index in [0.717, 1.165) is 6.42 Å². The zero-order valence-corrected chi connectivity index (χ0v) is 10.8. The third-order valence-corrected chi connectivity index (χ3v) is 3.78. The zero-order valence-electron chi connectivity index (χ0n) is 10.8. The highest BCUT2D eigenvalue weighted by Crippen LogP contribution is 2.37. The molecule has 0 saturated carbocycles. The predicted molar refractivity (Wildman–Crippen MR) is 67.0 cm³/mol. The first kappa shape index (κ1) is 11.9. The van der Waals surface area contributed by atoms with Gasteiger partial charge >= 0.3 is 5.97 Å². The summed E-state index contributed by atoms with van der Waals surface area (Å²) in [4.78, 5) is 21.6. The van der Waals surface area contributed by atoms with Crippen molar-refractivity contribution in [3.63, 3.8) is 0 Å². The first-order chi connectivity index (χ1) is 9.04. The third kappa shape index (κ3) is 1.57. The van der Waals surface area contributed by atoms with Gasteiger partial charge in [-0.05, 0) is 26.7 Å². The van der Waals surface area contributed by atoms with Crippen LogP contribution in [-0.2, 0) is 4.79 Å². The second-order valence-corrected chi connectivity index (χ2v) is 4.98. The number of hydrogen-bond acceptors (Lipinski definition) is 6. The number of rotatable bonds is 2. The summed E-state index contributed by atoms with van der Waals surface area (Å²) in [5, 5.41) is 14.0. The Kier molecular flexibility index (Phi) is 2.44. The molecule has 0 aliphatic carbocycles. The van der Waals surface area contributed by atoms with Gasteiger partial charge in [0.25, 0.3) is 5.71 Å². The smallest absolute Gasteiger partial charge is 0.329 e. The number of carboxylic acids is 1. The quantitative estimate of drug-likeness (QED) is 0.873. The van der Waals surface area contributed by atoms with E-state index in [0.29, 0.717) is 35.6 Å². The number of carbonyl (C=O) groups is 1. The molecule has 2 aromatic heterocycles. The fourth-order valence-corrected chi connectivity index (χ4v) is 2.63. The minimum atomic E-state index is -0.939. The first-order valence-electron chi connectivity index (χ1n) is 6.12. The summed E-state index contributed by atoms with van der Waals surface area (Å²) < 4.78 is 5.10. The van der Waals surface area contributed by atoms with Crippen molar-refractivity contribution in [3.8, 4) is 0 Å². The molecule has 0 spiro atoms. The molecule has 1 aliphatic heterocycles. The number of aliphatic carboxylic acids is 1. The van der Waals surface area contributed by atoms with Crippen molar-refractivity contribution in [1.82, 2.24) is 15.1 Å². The van der Waals surface area contributed by atoms with Crippen LogP contribution in [0.5, 0.6) is 0 Å². The topological polar surface area (TPSA) is 92.4 Å². The van der Waals surface area contributed by atoms with Gasteiger partial charge < -0.3 is 14.5 Å². The lowest BCUT2D eigenvalue weighted by Crippen LogP contribution is -2.48. The summed E-state index contributed by atoms with van der Waals surface area (Å²) in [7, 11) is 0. The number of fused-ring (bicyclic) bond motifs is 1. The Labute approximate surface area is 109 Å². The van der Waals surface area contributed by atoms with E-state index in [4.69, 9.17) is 4.52 Å². The third-order valence-electron chi connectivity index (χ3n) is 3.78. The monoisotopic (exact) mass is 262 g/mol. The number of hydrogen-bond donors (Lipinski definition) is 1. The van der Waals surface area contributed by atoms with Crippen molar-refractivity contribution < 1.29 is 14.4 Å². The Hall–Kier alpha value is -2.18. The number of anilines is 1. The van der Waals surface area contributed by atoms with Crippen LogP contribution in [0.1, 0.15) is 25.5 Å². The van der Waals surface area contributed by atoms with Crippen LogP contribution < -0.4 is 4.90 Å². The summed E-state index contributed by atoms with van der Waals surface area (Å²) in [5.74, 6) is -0.253. The van der Waals surface area contributed by atoms with E-state index < -0.39 is 11.5 Å². The highest BCUT2D eigenvalue weighted by Gasteiger charge is 2.45. The normalized spacial score (nSPS) is 23.2. The van der Waals surface area contributed by atoms with Crippen LogP contribution in [0, 0.1) is 6.92 Å². The van der Waals surface area contributed by atoms with E-state index in [1.165, 1.54) is 6.33 Å². The van der Waals surface area contributed by atoms with Gasteiger partial charge in [-0.3, -0.25) is 0 Å². The Balaban J connectivity index is 2.19. The van der Waals surface area contributed by atoms with E-state index in [9.17, 15) is 9.90 Å². The van der Waals surface area contributed by atoms with Crippen LogP contribution in [-0.4, -0.2) is 38.3 Å². The molecule has 1 N–H and O–H groups in total. The van der Waals surface area contributed by atoms with E-state index in [1.807, 2.05) is 4.90 Å². The Morgan fingerprint density at radius 1 is 1.53 bits per heavy atom. The SMILES string of the molecule is Cc1noc2ncnc(N3CCCC3(C)C(=O)O)c12. The van der Waals surface area contributed by atoms with Crippen LogP contribution in [0.15, 0.2) is 10.9 Å². The molecular weight excluding hydrogens is 248 g/mol. The number of nitrogens with zero attached hydrogens (tertiary/aromatic N) is 4. The lowest BCUT2D eigenvalue weighted by molar-refractivity contribution is -0.142. The molecular formula is C12H14N4O3. The highest BCUT2D eigenvalue weighted by molar-refractivity contribution is 5.92. The average Bonchev–Trinajstić information content (AvgIpc) is 2.95. The van der Waals surface area contributed by atoms with Crippen LogP contribution >= 0.6 is 0 Å². The molecule has 1 saturated heterocycles. The fraction of sp³-hybridized carbons (Fsp3) is 0.500. The second kappa shape index (κ2) is 3.91. The Bertz CT molecular complexity index is 653. The minimum absolute atomic E-state index is 0.391. The van der Waals surface area contributed by atoms with Gasteiger partial charge in [0.05, 0.1) is 5.69 Å². The van der Waals surface area contributed by atoms with Gasteiger partial charge in [0.1, 0.15) is 23.1 Å². The summed E-state index contributed by atoms with van der Waals surface area (Å²) in [6.45, 7) is 4.17. The molecule has 2 aromatic rings. The van der Waals surface area contributed by atoms with Gasteiger partial charge in [0.2, 0.25) is 0 Å². The van der Waals surface area contributed by atoms with Crippen molar-refractivity contribution in [2.75, 3.05) is 11.4 Å². The molecule has 3 heterocycles. The maximum absolute atomic E-state index is 11.5. The first-order valence-corrected chi connectivity index (χ1v) is 6.12. The van der Waals surface area contributed by atoms with Crippen molar-refractivity contribution in [3.05, 3.63) is 12.0 Å². The molecule has 1 aliphatic rings. The van der Waals surface area contributed by atoms with E-state index in [2.05, 4.69) is 15.1 Å². The summed E-state index contributed by atoms with van der Waals surface area (Å²) in [5.41, 5.74) is 0.123. The van der Waals surface area contributed by atoms with Gasteiger partial charge in [-0.1, -0.05) is 5.16 Å². The maximum atomic E-state index is 11.5. The molecule has 1 fully saturated rings. The molecule has 19 heavy (non-hydrogen) atoms. The molecule has 0 radical (unpaired) electrons. The molecule has 7 nitrogen and oxygen atoms in total. The largest absolute Gasteiger partial charge is 0.480 e. The van der Waals surface area contributed by atoms with Gasteiger partial charge in [-0.15, -0.1) is 0 Å². The molecule has 0 amide bonds. The maximum Gasteiger partial charge on any atom is 0.329 e. The summed E-state index contributed by atoms with van der Waals surface area (Å²) >= 11 is 0. The fourth-order valence-electron chi connectivity index (χ4n) is 2.63. The zero-order chi connectivity index (χ0) is 13.6. The molecule has 7 heteroatoms. The van der Waals surface area contributed by atoms with Crippen molar-refractivity contribution in [1.29, 1.82) is 0 Å². The van der Waals surface area contributed by atoms with E-state index >= 15 is 0 Å². The van der Waals surface area contributed by atoms with Crippen molar-refractivity contribution >= 4 is 22.9 Å². The molecule has 0 aromatic carbocycles. The summed E-state index contributed by atoms with van der Waals surface area (Å²) in [6, 6.07) is 0. The van der Waals surface area contributed by atoms with E-state index in [1.54, 1.807) is 13.8 Å². The van der Waals surface area contributed by atoms with Crippen LogP contribution in [0.3, 0.4) is 0 Å². The van der Waals surface area contributed by atoms with Crippen molar-refractivity contribution in [2.24, 2.45) is 0 Å². The number of aromatic nitrogens is 3. The van der Waals surface area contributed by atoms with Gasteiger partial charge in [0, 0.05) is 6.54 Å². The second-order valence-electron chi connectivity index (χ2n) is 4.98. The molecule has 1 unspecified atom stereocenters. The van der Waals surface area contributed by atoms with E-state index in [-0.39, 0.29) is 0 Å². The Morgan fingerprint density at radius 2 is 2.32 bits per heavy atom. The number of aryl methyl sites for hydroxylation is 1. The predicted octanol–water partition coefficient (Wildman–Crippen LogP) is 1.37. The minimum Gasteiger partial charge on any atom is -0.480 e. The van der Waals surface area contributed by atoms with Gasteiger partial charge in [-0.25, -0.2) is 9.78 Å². The van der Waals surface area contributed by atoms with Crippen LogP contribution in [0.25, 0.3) is 11.1 Å². The summed E-state index contributed by atoms with van der Waals surface area (Å²) in [6.07, 6.45) is 2.79. The molecule has 1 atom stereocenters. The van der Waals surface area contributed by atoms with Gasteiger partial charge in [0.15, 0.2) is 0 Å². The number of carboxylic acid groups (broad SMARTS) is 1. The lowest BCUT2D eigenvalue weighted by atomic mass is 9.99. The molecule has 3 rings (SSSR count). The Morgan fingerprint density at radius 3 is 3.05 bits per heavy atom. The van der Waals surface area contributed by atoms with Gasteiger partial charge in [-0.2, -0.15) is 4.98 Å². The van der Waals surface area contributed by atoms with Crippen LogP contribution in [0.2, 0.25) is 0 Å².